The van der Waals surface area contributed by atoms with Crippen LogP contribution in [0.3, 0.4) is 0 Å². The van der Waals surface area contributed by atoms with Gasteiger partial charge in [-0.25, -0.2) is 9.78 Å². The molecule has 2 aromatic rings. The van der Waals surface area contributed by atoms with Crippen molar-refractivity contribution < 1.29 is 24.0 Å². The Labute approximate surface area is 227 Å². The first kappa shape index (κ1) is 27.6. The number of oxime groups is 1. The van der Waals surface area contributed by atoms with E-state index in [-0.39, 0.29) is 30.0 Å². The molecule has 0 bridgehead atoms. The number of hydrogen-bond acceptors (Lipinski definition) is 7. The number of aromatic nitrogens is 1. The lowest BCUT2D eigenvalue weighted by atomic mass is 9.95. The minimum atomic E-state index is -1.02. The Hall–Kier alpha value is -3.46. The highest BCUT2D eigenvalue weighted by Gasteiger charge is 2.40. The first-order valence-electron chi connectivity index (χ1n) is 12.6. The zero-order valence-corrected chi connectivity index (χ0v) is 23.3. The molecule has 2 aliphatic heterocycles. The maximum Gasteiger partial charge on any atom is 0.410 e. The van der Waals surface area contributed by atoms with Crippen molar-refractivity contribution in [3.8, 4) is 0 Å². The number of likely N-dealkylation sites (tertiary alicyclic amines) is 1. The van der Waals surface area contributed by atoms with E-state index in [1.165, 1.54) is 0 Å². The fourth-order valence-electron chi connectivity index (χ4n) is 4.42. The Morgan fingerprint density at radius 1 is 1.21 bits per heavy atom. The molecule has 9 nitrogen and oxygen atoms in total. The van der Waals surface area contributed by atoms with Crippen LogP contribution in [0.15, 0.2) is 41.7 Å². The summed E-state index contributed by atoms with van der Waals surface area (Å²) in [6, 6.07) is 8.01. The van der Waals surface area contributed by atoms with Crippen molar-refractivity contribution in [1.82, 2.24) is 9.88 Å². The van der Waals surface area contributed by atoms with Crippen molar-refractivity contribution in [2.75, 3.05) is 18.0 Å². The van der Waals surface area contributed by atoms with Crippen molar-refractivity contribution in [1.29, 1.82) is 0 Å². The number of rotatable bonds is 4. The van der Waals surface area contributed by atoms with Crippen molar-refractivity contribution in [3.05, 3.63) is 58.2 Å². The highest BCUT2D eigenvalue weighted by molar-refractivity contribution is 6.49. The summed E-state index contributed by atoms with van der Waals surface area (Å²) in [5.74, 6) is -0.215. The van der Waals surface area contributed by atoms with Gasteiger partial charge in [-0.1, -0.05) is 28.9 Å². The molecular formula is C28H33ClN4O5. The summed E-state index contributed by atoms with van der Waals surface area (Å²) in [5, 5.41) is 4.28. The molecule has 0 unspecified atom stereocenters. The van der Waals surface area contributed by atoms with Gasteiger partial charge in [-0.2, -0.15) is 0 Å². The van der Waals surface area contributed by atoms with Crippen LogP contribution in [0.2, 0.25) is 5.02 Å². The zero-order chi connectivity index (χ0) is 27.8. The Balaban J connectivity index is 1.64. The molecule has 1 aromatic heterocycles. The van der Waals surface area contributed by atoms with Gasteiger partial charge >= 0.3 is 6.09 Å². The number of benzene rings is 1. The number of carbonyl (C=O) groups excluding carboxylic acids is 3. The number of amides is 2. The van der Waals surface area contributed by atoms with Crippen LogP contribution in [-0.2, 0) is 14.4 Å². The van der Waals surface area contributed by atoms with Crippen LogP contribution in [0.4, 0.5) is 10.6 Å². The van der Waals surface area contributed by atoms with Gasteiger partial charge in [-0.05, 0) is 78.1 Å². The van der Waals surface area contributed by atoms with Crippen molar-refractivity contribution in [3.63, 3.8) is 0 Å². The van der Waals surface area contributed by atoms with Crippen molar-refractivity contribution in [2.45, 2.75) is 71.6 Å². The lowest BCUT2D eigenvalue weighted by Crippen LogP contribution is -2.53. The molecule has 1 aromatic carbocycles. The third-order valence-electron chi connectivity index (χ3n) is 6.35. The number of ketones is 1. The molecule has 1 saturated heterocycles. The number of hydrogen-bond donors (Lipinski definition) is 0. The largest absolute Gasteiger partial charge is 0.444 e. The lowest BCUT2D eigenvalue weighted by Gasteiger charge is -2.39. The number of pyridine rings is 1. The Kier molecular flexibility index (Phi) is 7.52. The highest BCUT2D eigenvalue weighted by atomic mass is 35.5. The summed E-state index contributed by atoms with van der Waals surface area (Å²) < 4.78 is 5.57. The summed E-state index contributed by atoms with van der Waals surface area (Å²) in [4.78, 5) is 52.3. The van der Waals surface area contributed by atoms with E-state index in [1.54, 1.807) is 60.2 Å². The second kappa shape index (κ2) is 10.4. The van der Waals surface area contributed by atoms with Crippen LogP contribution in [-0.4, -0.2) is 63.7 Å². The average molecular weight is 541 g/mol. The first-order valence-corrected chi connectivity index (χ1v) is 13.0. The number of aryl methyl sites for hydroxylation is 1. The second-order valence-corrected chi connectivity index (χ2v) is 11.6. The molecule has 1 fully saturated rings. The molecular weight excluding hydrogens is 508 g/mol. The molecule has 10 heteroatoms. The maximum absolute atomic E-state index is 14.0. The van der Waals surface area contributed by atoms with Gasteiger partial charge in [0.25, 0.3) is 5.91 Å². The van der Waals surface area contributed by atoms with Crippen LogP contribution in [0, 0.1) is 6.92 Å². The smallest absolute Gasteiger partial charge is 0.410 e. The SMILES string of the molecule is Cc1cnc(N(C(=O)c2ccc(C3=NOC(C)(C)C3=O)cc2)[C@@H]2CCCN(C(=O)OC(C)(C)C)C2)c(Cl)c1. The van der Waals surface area contributed by atoms with Gasteiger partial charge in [-0.15, -0.1) is 0 Å². The van der Waals surface area contributed by atoms with Crippen LogP contribution in [0.1, 0.15) is 68.9 Å². The monoisotopic (exact) mass is 540 g/mol. The van der Waals surface area contributed by atoms with Crippen molar-refractivity contribution >= 4 is 40.9 Å². The van der Waals surface area contributed by atoms with Gasteiger partial charge in [-0.3, -0.25) is 14.5 Å². The Bertz CT molecular complexity index is 1280. The molecule has 0 radical (unpaired) electrons. The molecule has 202 valence electrons. The highest BCUT2D eigenvalue weighted by Crippen LogP contribution is 2.31. The topological polar surface area (TPSA) is 101 Å². The molecule has 0 aliphatic carbocycles. The molecule has 0 spiro atoms. The molecule has 1 atom stereocenters. The van der Waals surface area contributed by atoms with E-state index >= 15 is 0 Å². The van der Waals surface area contributed by atoms with Gasteiger partial charge < -0.3 is 14.5 Å². The molecule has 0 N–H and O–H groups in total. The first-order chi connectivity index (χ1) is 17.8. The summed E-state index contributed by atoms with van der Waals surface area (Å²) in [5.41, 5.74) is 0.372. The molecule has 2 amide bonds. The molecule has 3 heterocycles. The number of halogens is 1. The van der Waals surface area contributed by atoms with Gasteiger partial charge in [0, 0.05) is 30.4 Å². The predicted molar refractivity (Wildman–Crippen MR) is 145 cm³/mol. The fraction of sp³-hybridized carbons (Fsp3) is 0.464. The van der Waals surface area contributed by atoms with E-state index in [0.717, 1.165) is 5.56 Å². The van der Waals surface area contributed by atoms with E-state index in [0.29, 0.717) is 41.4 Å². The van der Waals surface area contributed by atoms with E-state index in [2.05, 4.69) is 10.1 Å². The van der Waals surface area contributed by atoms with Crippen LogP contribution < -0.4 is 4.90 Å². The van der Waals surface area contributed by atoms with Gasteiger partial charge in [0.15, 0.2) is 17.1 Å². The normalized spacial score (nSPS) is 19.0. The lowest BCUT2D eigenvalue weighted by molar-refractivity contribution is -0.128. The minimum absolute atomic E-state index is 0.217. The van der Waals surface area contributed by atoms with E-state index in [4.69, 9.17) is 21.2 Å². The quantitative estimate of drug-likeness (QED) is 0.530. The van der Waals surface area contributed by atoms with E-state index in [9.17, 15) is 14.4 Å². The zero-order valence-electron chi connectivity index (χ0n) is 22.6. The molecule has 2 aliphatic rings. The van der Waals surface area contributed by atoms with Crippen molar-refractivity contribution in [2.24, 2.45) is 5.16 Å². The number of carbonyl (C=O) groups is 3. The summed E-state index contributed by atoms with van der Waals surface area (Å²) in [6.45, 7) is 11.5. The summed E-state index contributed by atoms with van der Waals surface area (Å²) in [7, 11) is 0. The second-order valence-electron chi connectivity index (χ2n) is 11.2. The van der Waals surface area contributed by atoms with Crippen LogP contribution >= 0.6 is 11.6 Å². The van der Waals surface area contributed by atoms with E-state index in [1.807, 2.05) is 27.7 Å². The Morgan fingerprint density at radius 2 is 1.89 bits per heavy atom. The summed E-state index contributed by atoms with van der Waals surface area (Å²) in [6.07, 6.45) is 2.58. The van der Waals surface area contributed by atoms with Crippen LogP contribution in [0.25, 0.3) is 0 Å². The number of ether oxygens (including phenoxy) is 1. The number of nitrogens with zero attached hydrogens (tertiary/aromatic N) is 4. The Morgan fingerprint density at radius 3 is 2.47 bits per heavy atom. The van der Waals surface area contributed by atoms with Gasteiger partial charge in [0.05, 0.1) is 11.1 Å². The van der Waals surface area contributed by atoms with Crippen LogP contribution in [0.5, 0.6) is 0 Å². The predicted octanol–water partition coefficient (Wildman–Crippen LogP) is 5.17. The third kappa shape index (κ3) is 5.83. The minimum Gasteiger partial charge on any atom is -0.444 e. The van der Waals surface area contributed by atoms with Gasteiger partial charge in [0.1, 0.15) is 5.60 Å². The molecule has 38 heavy (non-hydrogen) atoms. The number of anilines is 1. The summed E-state index contributed by atoms with van der Waals surface area (Å²) >= 11 is 6.59. The molecule has 4 rings (SSSR count). The average Bonchev–Trinajstić information content (AvgIpc) is 3.12. The van der Waals surface area contributed by atoms with Gasteiger partial charge in [0.2, 0.25) is 5.78 Å². The maximum atomic E-state index is 14.0. The fourth-order valence-corrected chi connectivity index (χ4v) is 4.73. The third-order valence-corrected chi connectivity index (χ3v) is 6.63. The standard InChI is InChI=1S/C28H33ClN4O5/c1-17-14-21(29)24(30-15-17)33(20-8-7-13-32(16-20)26(36)37-27(2,3)4)25(35)19-11-9-18(10-12-19)22-23(34)28(5,6)38-31-22/h9-12,14-15,20H,7-8,13,16H2,1-6H3/t20-/m1/s1. The molecule has 0 saturated carbocycles. The number of Topliss-reactive ketones (excluding diaryl/α,β-unsaturated/α-hetero) is 1. The van der Waals surface area contributed by atoms with E-state index < -0.39 is 17.3 Å². The number of piperidine rings is 1.